The van der Waals surface area contributed by atoms with Gasteiger partial charge in [0, 0.05) is 0 Å². The first-order valence-electron chi connectivity index (χ1n) is 8.58. The highest BCUT2D eigenvalue weighted by Gasteiger charge is 2.39. The Hall–Kier alpha value is 0.390. The summed E-state index contributed by atoms with van der Waals surface area (Å²) in [5, 5.41) is 0. The van der Waals surface area contributed by atoms with Crippen molar-refractivity contribution in [1.82, 2.24) is 0 Å². The van der Waals surface area contributed by atoms with Crippen LogP contribution in [0.1, 0.15) is 71.1 Å². The zero-order valence-corrected chi connectivity index (χ0v) is 14.6. The highest BCUT2D eigenvalue weighted by atomic mass is 31.1. The molecule has 2 heteroatoms. The number of hydrogen-bond acceptors (Lipinski definition) is 0. The van der Waals surface area contributed by atoms with Crippen LogP contribution in [0.4, 0.5) is 0 Å². The van der Waals surface area contributed by atoms with Gasteiger partial charge in [-0.15, -0.1) is 0 Å². The largest absolute Gasteiger partial charge is 0.325 e. The fourth-order valence-corrected chi connectivity index (χ4v) is 8.61. The number of quaternary nitrogens is 1. The van der Waals surface area contributed by atoms with E-state index in [-0.39, 0.29) is 7.92 Å². The molecule has 0 aliphatic heterocycles. The molecule has 0 aromatic rings. The average molecular weight is 284 g/mol. The second-order valence-corrected chi connectivity index (χ2v) is 10.9. The van der Waals surface area contributed by atoms with Gasteiger partial charge < -0.3 is 4.48 Å². The van der Waals surface area contributed by atoms with E-state index >= 15 is 0 Å². The highest BCUT2D eigenvalue weighted by Crippen LogP contribution is 2.59. The third-order valence-corrected chi connectivity index (χ3v) is 9.82. The van der Waals surface area contributed by atoms with Gasteiger partial charge in [0.15, 0.2) is 0 Å². The van der Waals surface area contributed by atoms with Gasteiger partial charge >= 0.3 is 0 Å². The molecule has 2 aliphatic rings. The summed E-state index contributed by atoms with van der Waals surface area (Å²) < 4.78 is 1.18. The molecule has 1 nitrogen and oxygen atoms in total. The summed E-state index contributed by atoms with van der Waals surface area (Å²) in [5.74, 6) is 0.890. The molecular formula is C17H35NP+. The summed E-state index contributed by atoms with van der Waals surface area (Å²) in [6.45, 7) is 2.56. The molecule has 2 aliphatic carbocycles. The maximum atomic E-state index is 2.56. The summed E-state index contributed by atoms with van der Waals surface area (Å²) in [5.41, 5.74) is 2.19. The van der Waals surface area contributed by atoms with Crippen molar-refractivity contribution in [3.05, 3.63) is 0 Å². The van der Waals surface area contributed by atoms with E-state index < -0.39 is 0 Å². The monoisotopic (exact) mass is 284 g/mol. The maximum absolute atomic E-state index is 2.56. The van der Waals surface area contributed by atoms with E-state index in [1.165, 1.54) is 43.0 Å². The van der Waals surface area contributed by atoms with Crippen LogP contribution >= 0.6 is 7.92 Å². The number of nitrogens with zero attached hydrogens (tertiary/aromatic N) is 1. The zero-order chi connectivity index (χ0) is 13.9. The van der Waals surface area contributed by atoms with Crippen molar-refractivity contribution in [2.45, 2.75) is 88.2 Å². The molecule has 0 aromatic carbocycles. The summed E-state index contributed by atoms with van der Waals surface area (Å²) in [4.78, 5) is 0. The highest BCUT2D eigenvalue weighted by molar-refractivity contribution is 7.59. The van der Waals surface area contributed by atoms with Crippen LogP contribution in [0, 0.1) is 0 Å². The minimum absolute atomic E-state index is 0.226. The third-order valence-electron chi connectivity index (χ3n) is 5.55. The number of rotatable bonds is 4. The maximum Gasteiger partial charge on any atom is 0.104 e. The molecule has 0 aromatic heterocycles. The summed E-state index contributed by atoms with van der Waals surface area (Å²) in [7, 11) is 7.49. The molecule has 112 valence electrons. The topological polar surface area (TPSA) is 0 Å². The van der Waals surface area contributed by atoms with Gasteiger partial charge in [-0.3, -0.25) is 0 Å². The van der Waals surface area contributed by atoms with Crippen LogP contribution < -0.4 is 0 Å². The minimum Gasteiger partial charge on any atom is -0.325 e. The Morgan fingerprint density at radius 2 is 1.11 bits per heavy atom. The molecule has 2 fully saturated rings. The van der Waals surface area contributed by atoms with Gasteiger partial charge in [0.05, 0.1) is 21.1 Å². The molecule has 19 heavy (non-hydrogen) atoms. The van der Waals surface area contributed by atoms with Crippen molar-refractivity contribution in [3.63, 3.8) is 0 Å². The minimum atomic E-state index is 0.226. The lowest BCUT2D eigenvalue weighted by molar-refractivity contribution is -0.879. The van der Waals surface area contributed by atoms with E-state index in [1.807, 2.05) is 0 Å². The first-order valence-corrected chi connectivity index (χ1v) is 10.1. The van der Waals surface area contributed by atoms with Crippen LogP contribution in [-0.4, -0.2) is 42.7 Å². The van der Waals surface area contributed by atoms with Gasteiger partial charge in [-0.2, -0.15) is 0 Å². The van der Waals surface area contributed by atoms with Crippen LogP contribution in [-0.2, 0) is 0 Å². The molecule has 0 amide bonds. The summed E-state index contributed by atoms with van der Waals surface area (Å²) in [6, 6.07) is 0. The second kappa shape index (κ2) is 6.90. The van der Waals surface area contributed by atoms with Gasteiger partial charge in [-0.05, 0) is 51.8 Å². The standard InChI is InChI=1S/C17H35NP/c1-15(18(2,3)4)19(16-11-7-5-8-12-16)17-13-9-6-10-14-17/h15-17H,5-14H2,1-4H3/q+1. The molecule has 2 saturated carbocycles. The lowest BCUT2D eigenvalue weighted by Gasteiger charge is -2.46. The van der Waals surface area contributed by atoms with Crippen molar-refractivity contribution in [2.75, 3.05) is 21.1 Å². The fraction of sp³-hybridized carbons (Fsp3) is 1.00. The normalized spacial score (nSPS) is 25.7. The Labute approximate surface area is 122 Å². The zero-order valence-electron chi connectivity index (χ0n) is 13.7. The molecule has 0 saturated heterocycles. The smallest absolute Gasteiger partial charge is 0.104 e. The van der Waals surface area contributed by atoms with Crippen molar-refractivity contribution in [3.8, 4) is 0 Å². The van der Waals surface area contributed by atoms with E-state index in [0.29, 0.717) is 0 Å². The van der Waals surface area contributed by atoms with E-state index in [2.05, 4.69) is 28.1 Å². The Balaban J connectivity index is 2.11. The quantitative estimate of drug-likeness (QED) is 0.492. The van der Waals surface area contributed by atoms with E-state index in [0.717, 1.165) is 17.1 Å². The Bertz CT molecular complexity index is 241. The predicted octanol–water partition coefficient (Wildman–Crippen LogP) is 5.19. The van der Waals surface area contributed by atoms with Crippen molar-refractivity contribution in [1.29, 1.82) is 0 Å². The predicted molar refractivity (Wildman–Crippen MR) is 88.2 cm³/mol. The van der Waals surface area contributed by atoms with Crippen LogP contribution in [0.3, 0.4) is 0 Å². The molecular weight excluding hydrogens is 249 g/mol. The van der Waals surface area contributed by atoms with E-state index in [4.69, 9.17) is 0 Å². The molecule has 0 heterocycles. The Morgan fingerprint density at radius 1 is 0.737 bits per heavy atom. The third kappa shape index (κ3) is 4.18. The molecule has 0 N–H and O–H groups in total. The van der Waals surface area contributed by atoms with Crippen molar-refractivity contribution in [2.24, 2.45) is 0 Å². The Kier molecular flexibility index (Phi) is 5.73. The van der Waals surface area contributed by atoms with E-state index in [1.54, 1.807) is 25.7 Å². The molecule has 0 radical (unpaired) electrons. The van der Waals surface area contributed by atoms with Crippen molar-refractivity contribution < 1.29 is 4.48 Å². The van der Waals surface area contributed by atoms with Gasteiger partial charge in [0.2, 0.25) is 0 Å². The van der Waals surface area contributed by atoms with Gasteiger partial charge in [-0.25, -0.2) is 0 Å². The Morgan fingerprint density at radius 3 is 1.42 bits per heavy atom. The summed E-state index contributed by atoms with van der Waals surface area (Å²) >= 11 is 0. The fourth-order valence-electron chi connectivity index (χ4n) is 4.07. The van der Waals surface area contributed by atoms with Crippen molar-refractivity contribution >= 4 is 7.92 Å². The number of hydrogen-bond donors (Lipinski definition) is 0. The van der Waals surface area contributed by atoms with Gasteiger partial charge in [-0.1, -0.05) is 38.5 Å². The molecule has 2 rings (SSSR count). The second-order valence-electron chi connectivity index (χ2n) is 7.78. The average Bonchev–Trinajstić information content (AvgIpc) is 2.40. The van der Waals surface area contributed by atoms with Crippen LogP contribution in [0.2, 0.25) is 0 Å². The molecule has 1 atom stereocenters. The lowest BCUT2D eigenvalue weighted by Crippen LogP contribution is -2.45. The molecule has 0 spiro atoms. The lowest BCUT2D eigenvalue weighted by atomic mass is 9.99. The molecule has 1 unspecified atom stereocenters. The summed E-state index contributed by atoms with van der Waals surface area (Å²) in [6.07, 6.45) is 15.3. The first-order chi connectivity index (χ1) is 9.00. The first kappa shape index (κ1) is 15.8. The van der Waals surface area contributed by atoms with Gasteiger partial charge in [0.1, 0.15) is 5.78 Å². The van der Waals surface area contributed by atoms with E-state index in [9.17, 15) is 0 Å². The van der Waals surface area contributed by atoms with Crippen LogP contribution in [0.25, 0.3) is 0 Å². The van der Waals surface area contributed by atoms with Crippen LogP contribution in [0.15, 0.2) is 0 Å². The van der Waals surface area contributed by atoms with Crippen LogP contribution in [0.5, 0.6) is 0 Å². The van der Waals surface area contributed by atoms with Gasteiger partial charge in [0.25, 0.3) is 0 Å². The molecule has 0 bridgehead atoms. The SMILES string of the molecule is CC(P(C1CCCCC1)C1CCCCC1)[N+](C)(C)C.